The summed E-state index contributed by atoms with van der Waals surface area (Å²) in [6.07, 6.45) is 10.6. The van der Waals surface area contributed by atoms with Crippen molar-refractivity contribution in [2.24, 2.45) is 23.5 Å². The fraction of sp³-hybridized carbons (Fsp3) is 0.950. The number of rotatable bonds is 11. The van der Waals surface area contributed by atoms with Crippen LogP contribution in [-0.4, -0.2) is 29.7 Å². The van der Waals surface area contributed by atoms with Gasteiger partial charge in [0.1, 0.15) is 0 Å². The Morgan fingerprint density at radius 3 is 2.50 bits per heavy atom. The molecule has 0 saturated heterocycles. The third-order valence-corrected chi connectivity index (χ3v) is 5.59. The van der Waals surface area contributed by atoms with E-state index < -0.39 is 6.10 Å². The van der Waals surface area contributed by atoms with Crippen molar-refractivity contribution in [3.63, 3.8) is 0 Å². The van der Waals surface area contributed by atoms with E-state index in [0.717, 1.165) is 38.1 Å². The molecule has 1 aliphatic rings. The Kier molecular flexibility index (Phi) is 10.6. The second-order valence-corrected chi connectivity index (χ2v) is 8.04. The summed E-state index contributed by atoms with van der Waals surface area (Å²) in [4.78, 5) is 12.4. The average molecular weight is 341 g/mol. The molecule has 3 atom stereocenters. The summed E-state index contributed by atoms with van der Waals surface area (Å²) in [7, 11) is 0. The van der Waals surface area contributed by atoms with E-state index >= 15 is 0 Å². The minimum Gasteiger partial charge on any atom is -0.391 e. The van der Waals surface area contributed by atoms with Gasteiger partial charge >= 0.3 is 0 Å². The van der Waals surface area contributed by atoms with Crippen molar-refractivity contribution in [2.75, 3.05) is 6.54 Å². The Morgan fingerprint density at radius 2 is 1.92 bits per heavy atom. The second-order valence-electron chi connectivity index (χ2n) is 8.04. The van der Waals surface area contributed by atoms with Gasteiger partial charge in [0.05, 0.1) is 6.10 Å². The van der Waals surface area contributed by atoms with E-state index in [1.807, 2.05) is 13.8 Å². The van der Waals surface area contributed by atoms with Crippen molar-refractivity contribution >= 4 is 5.91 Å². The summed E-state index contributed by atoms with van der Waals surface area (Å²) in [5.41, 5.74) is 6.22. The molecule has 1 fully saturated rings. The number of aliphatic hydroxyl groups excluding tert-OH is 1. The molecule has 1 saturated carbocycles. The summed E-state index contributed by atoms with van der Waals surface area (Å²) in [5.74, 6) is 0.914. The number of aliphatic hydroxyl groups is 1. The molecule has 4 nitrogen and oxygen atoms in total. The van der Waals surface area contributed by atoms with Gasteiger partial charge in [-0.15, -0.1) is 0 Å². The first-order valence-electron chi connectivity index (χ1n) is 10.2. The number of unbranched alkanes of at least 4 members (excludes halogenated alkanes) is 1. The molecule has 0 bridgehead atoms. The standard InChI is InChI=1S/C20H40N2O2/c1-4-5-13-22-20(24)17(15(2)3)14-19(23)18(21)12-11-16-9-7-6-8-10-16/h15-19,23H,4-14,21H2,1-3H3,(H,22,24)/t17-,18-,19-/m0/s1. The van der Waals surface area contributed by atoms with Crippen LogP contribution >= 0.6 is 0 Å². The quantitative estimate of drug-likeness (QED) is 0.503. The highest BCUT2D eigenvalue weighted by Gasteiger charge is 2.28. The predicted octanol–water partition coefficient (Wildman–Crippen LogP) is 3.61. The summed E-state index contributed by atoms with van der Waals surface area (Å²) in [5, 5.41) is 13.5. The summed E-state index contributed by atoms with van der Waals surface area (Å²) in [6, 6.07) is -0.211. The first-order valence-corrected chi connectivity index (χ1v) is 10.2. The van der Waals surface area contributed by atoms with E-state index in [1.54, 1.807) is 0 Å². The van der Waals surface area contributed by atoms with Crippen LogP contribution in [0.15, 0.2) is 0 Å². The molecule has 1 aliphatic carbocycles. The van der Waals surface area contributed by atoms with Gasteiger partial charge in [0, 0.05) is 18.5 Å². The van der Waals surface area contributed by atoms with E-state index in [1.165, 1.54) is 32.1 Å². The van der Waals surface area contributed by atoms with Crippen molar-refractivity contribution in [2.45, 2.75) is 97.1 Å². The van der Waals surface area contributed by atoms with Gasteiger partial charge in [-0.2, -0.15) is 0 Å². The molecule has 0 unspecified atom stereocenters. The highest BCUT2D eigenvalue weighted by atomic mass is 16.3. The Hall–Kier alpha value is -0.610. The van der Waals surface area contributed by atoms with Crippen LogP contribution in [0.1, 0.15) is 85.0 Å². The van der Waals surface area contributed by atoms with E-state index in [0.29, 0.717) is 6.42 Å². The maximum atomic E-state index is 12.4. The van der Waals surface area contributed by atoms with Crippen molar-refractivity contribution in [3.8, 4) is 0 Å². The minimum absolute atomic E-state index is 0.0666. The van der Waals surface area contributed by atoms with E-state index in [-0.39, 0.29) is 23.8 Å². The highest BCUT2D eigenvalue weighted by Crippen LogP contribution is 2.28. The van der Waals surface area contributed by atoms with Crippen LogP contribution in [0, 0.1) is 17.8 Å². The SMILES string of the molecule is CCCCNC(=O)[C@@H](C[C@H](O)[C@@H](N)CCC1CCCCC1)C(C)C. The maximum Gasteiger partial charge on any atom is 0.223 e. The summed E-state index contributed by atoms with van der Waals surface area (Å²) >= 11 is 0. The molecule has 0 heterocycles. The van der Waals surface area contributed by atoms with Gasteiger partial charge in [0.2, 0.25) is 5.91 Å². The topological polar surface area (TPSA) is 75.3 Å². The number of carbonyl (C=O) groups is 1. The van der Waals surface area contributed by atoms with Crippen molar-refractivity contribution < 1.29 is 9.90 Å². The third kappa shape index (κ3) is 7.98. The predicted molar refractivity (Wildman–Crippen MR) is 101 cm³/mol. The zero-order chi connectivity index (χ0) is 17.9. The molecule has 1 amide bonds. The lowest BCUT2D eigenvalue weighted by Gasteiger charge is -2.28. The molecule has 0 aliphatic heterocycles. The maximum absolute atomic E-state index is 12.4. The molecule has 1 rings (SSSR count). The van der Waals surface area contributed by atoms with E-state index in [2.05, 4.69) is 12.2 Å². The first-order chi connectivity index (χ1) is 11.5. The smallest absolute Gasteiger partial charge is 0.223 e. The van der Waals surface area contributed by atoms with Gasteiger partial charge in [0.25, 0.3) is 0 Å². The van der Waals surface area contributed by atoms with Gasteiger partial charge in [-0.3, -0.25) is 4.79 Å². The summed E-state index contributed by atoms with van der Waals surface area (Å²) < 4.78 is 0. The van der Waals surface area contributed by atoms with Crippen molar-refractivity contribution in [1.82, 2.24) is 5.32 Å². The van der Waals surface area contributed by atoms with Crippen LogP contribution in [0.5, 0.6) is 0 Å². The van der Waals surface area contributed by atoms with Crippen molar-refractivity contribution in [1.29, 1.82) is 0 Å². The van der Waals surface area contributed by atoms with Crippen molar-refractivity contribution in [3.05, 3.63) is 0 Å². The number of nitrogens with one attached hydrogen (secondary N) is 1. The molecular weight excluding hydrogens is 300 g/mol. The largest absolute Gasteiger partial charge is 0.391 e. The fourth-order valence-corrected chi connectivity index (χ4v) is 3.73. The molecule has 0 aromatic carbocycles. The molecule has 4 N–H and O–H groups in total. The lowest BCUT2D eigenvalue weighted by Crippen LogP contribution is -2.41. The lowest BCUT2D eigenvalue weighted by atomic mass is 9.83. The van der Waals surface area contributed by atoms with Gasteiger partial charge in [-0.1, -0.05) is 59.3 Å². The van der Waals surface area contributed by atoms with Gasteiger partial charge in [-0.25, -0.2) is 0 Å². The minimum atomic E-state index is -0.585. The molecule has 0 radical (unpaired) electrons. The summed E-state index contributed by atoms with van der Waals surface area (Å²) in [6.45, 7) is 6.93. The monoisotopic (exact) mass is 340 g/mol. The third-order valence-electron chi connectivity index (χ3n) is 5.59. The Morgan fingerprint density at radius 1 is 1.25 bits per heavy atom. The molecule has 24 heavy (non-hydrogen) atoms. The van der Waals surface area contributed by atoms with Crippen LogP contribution in [0.4, 0.5) is 0 Å². The van der Waals surface area contributed by atoms with Crippen LogP contribution in [0.2, 0.25) is 0 Å². The molecule has 0 spiro atoms. The molecule has 4 heteroatoms. The van der Waals surface area contributed by atoms with Crippen LogP contribution < -0.4 is 11.1 Å². The first kappa shape index (κ1) is 21.4. The van der Waals surface area contributed by atoms with Crippen LogP contribution in [0.25, 0.3) is 0 Å². The van der Waals surface area contributed by atoms with Crippen LogP contribution in [0.3, 0.4) is 0 Å². The average Bonchev–Trinajstić information content (AvgIpc) is 2.58. The second kappa shape index (κ2) is 11.9. The lowest BCUT2D eigenvalue weighted by molar-refractivity contribution is -0.127. The number of amides is 1. The zero-order valence-electron chi connectivity index (χ0n) is 16.1. The Labute approximate surface area is 149 Å². The van der Waals surface area contributed by atoms with Gasteiger partial charge < -0.3 is 16.2 Å². The number of nitrogens with two attached hydrogens (primary N) is 1. The zero-order valence-corrected chi connectivity index (χ0v) is 16.1. The van der Waals surface area contributed by atoms with Crippen LogP contribution in [-0.2, 0) is 4.79 Å². The van der Waals surface area contributed by atoms with Gasteiger partial charge in [0.15, 0.2) is 0 Å². The van der Waals surface area contributed by atoms with Gasteiger partial charge in [-0.05, 0) is 37.5 Å². The number of hydrogen-bond donors (Lipinski definition) is 3. The number of carbonyl (C=O) groups excluding carboxylic acids is 1. The Balaban J connectivity index is 2.38. The highest BCUT2D eigenvalue weighted by molar-refractivity contribution is 5.78. The number of hydrogen-bond acceptors (Lipinski definition) is 3. The van der Waals surface area contributed by atoms with E-state index in [4.69, 9.17) is 5.73 Å². The molecule has 142 valence electrons. The molecular formula is C20H40N2O2. The fourth-order valence-electron chi connectivity index (χ4n) is 3.73. The molecule has 0 aromatic rings. The molecule has 0 aromatic heterocycles. The Bertz CT molecular complexity index is 341. The van der Waals surface area contributed by atoms with E-state index in [9.17, 15) is 9.90 Å². The normalized spacial score (nSPS) is 19.9.